The lowest BCUT2D eigenvalue weighted by atomic mass is 10.1. The van der Waals surface area contributed by atoms with Crippen LogP contribution in [-0.4, -0.2) is 46.7 Å². The molecule has 1 fully saturated rings. The monoisotopic (exact) mass is 275 g/mol. The molecule has 0 aliphatic carbocycles. The largest absolute Gasteiger partial charge is 0.402 e. The van der Waals surface area contributed by atoms with Crippen LogP contribution in [0.3, 0.4) is 0 Å². The van der Waals surface area contributed by atoms with Crippen molar-refractivity contribution in [1.82, 2.24) is 4.90 Å². The van der Waals surface area contributed by atoms with Crippen molar-refractivity contribution >= 4 is 15.9 Å². The van der Waals surface area contributed by atoms with Crippen molar-refractivity contribution in [2.45, 2.75) is 29.9 Å². The summed E-state index contributed by atoms with van der Waals surface area (Å²) in [5.74, 6) is 0. The summed E-state index contributed by atoms with van der Waals surface area (Å²) in [6.07, 6.45) is -3.39. The second-order valence-corrected chi connectivity index (χ2v) is 4.65. The number of hydrogen-bond donors (Lipinski definition) is 1. The molecule has 1 heterocycles. The van der Waals surface area contributed by atoms with Gasteiger partial charge in [-0.05, 0) is 12.8 Å². The van der Waals surface area contributed by atoms with Crippen molar-refractivity contribution in [3.8, 4) is 0 Å². The van der Waals surface area contributed by atoms with Crippen molar-refractivity contribution in [2.75, 3.05) is 19.6 Å². The third-order valence-corrected chi connectivity index (χ3v) is 3.14. The molecule has 0 spiro atoms. The van der Waals surface area contributed by atoms with E-state index in [-0.39, 0.29) is 12.6 Å². The minimum absolute atomic E-state index is 0.0315. The standard InChI is InChI=1S/C8H13BrF3NO/c9-7(8(10,11)12)5-13-3-1-6(14)2-4-13/h6-7,14H,1-5H2. The van der Waals surface area contributed by atoms with Crippen molar-refractivity contribution in [3.05, 3.63) is 0 Å². The minimum atomic E-state index is -4.18. The van der Waals surface area contributed by atoms with Crippen LogP contribution in [0, 0.1) is 0 Å². The average molecular weight is 276 g/mol. The van der Waals surface area contributed by atoms with Crippen LogP contribution in [-0.2, 0) is 0 Å². The van der Waals surface area contributed by atoms with Crippen molar-refractivity contribution < 1.29 is 18.3 Å². The third kappa shape index (κ3) is 3.74. The molecule has 1 saturated heterocycles. The zero-order valence-corrected chi connectivity index (χ0v) is 9.18. The second kappa shape index (κ2) is 4.81. The Bertz CT molecular complexity index is 180. The quantitative estimate of drug-likeness (QED) is 0.777. The number of piperidine rings is 1. The lowest BCUT2D eigenvalue weighted by molar-refractivity contribution is -0.131. The molecule has 0 aromatic heterocycles. The normalized spacial score (nSPS) is 23.8. The van der Waals surface area contributed by atoms with Crippen LogP contribution in [0.15, 0.2) is 0 Å². The Balaban J connectivity index is 2.31. The minimum Gasteiger partial charge on any atom is -0.393 e. The van der Waals surface area contributed by atoms with E-state index in [9.17, 15) is 13.2 Å². The Kier molecular flexibility index (Phi) is 4.21. The van der Waals surface area contributed by atoms with Crippen LogP contribution in [0.1, 0.15) is 12.8 Å². The summed E-state index contributed by atoms with van der Waals surface area (Å²) in [7, 11) is 0. The highest BCUT2D eigenvalue weighted by Gasteiger charge is 2.38. The van der Waals surface area contributed by atoms with Crippen LogP contribution in [0.5, 0.6) is 0 Å². The molecule has 84 valence electrons. The molecular weight excluding hydrogens is 263 g/mol. The number of hydrogen-bond acceptors (Lipinski definition) is 2. The van der Waals surface area contributed by atoms with Crippen LogP contribution in [0.25, 0.3) is 0 Å². The Labute approximate surface area is 89.2 Å². The molecule has 0 aromatic rings. The molecular formula is C8H13BrF3NO. The van der Waals surface area contributed by atoms with Crippen LogP contribution in [0.2, 0.25) is 0 Å². The van der Waals surface area contributed by atoms with Crippen molar-refractivity contribution in [1.29, 1.82) is 0 Å². The molecule has 1 aliphatic rings. The van der Waals surface area contributed by atoms with Gasteiger partial charge in [-0.1, -0.05) is 15.9 Å². The van der Waals surface area contributed by atoms with E-state index in [1.54, 1.807) is 4.90 Å². The summed E-state index contributed by atoms with van der Waals surface area (Å²) < 4.78 is 36.5. The first-order valence-electron chi connectivity index (χ1n) is 4.51. The molecule has 6 heteroatoms. The zero-order valence-electron chi connectivity index (χ0n) is 7.60. The SMILES string of the molecule is OC1CCN(CC(Br)C(F)(F)F)CC1. The molecule has 2 nitrogen and oxygen atoms in total. The molecule has 0 bridgehead atoms. The first-order valence-corrected chi connectivity index (χ1v) is 5.42. The van der Waals surface area contributed by atoms with Crippen molar-refractivity contribution in [2.24, 2.45) is 0 Å². The lowest BCUT2D eigenvalue weighted by Gasteiger charge is -2.31. The predicted molar refractivity (Wildman–Crippen MR) is 50.5 cm³/mol. The lowest BCUT2D eigenvalue weighted by Crippen LogP contribution is -2.42. The molecule has 14 heavy (non-hydrogen) atoms. The number of aliphatic hydroxyl groups excluding tert-OH is 1. The predicted octanol–water partition coefficient (Wildman–Crippen LogP) is 1.77. The summed E-state index contributed by atoms with van der Waals surface area (Å²) in [4.78, 5) is 0.254. The van der Waals surface area contributed by atoms with Gasteiger partial charge in [0, 0.05) is 19.6 Å². The maximum absolute atomic E-state index is 12.2. The maximum Gasteiger partial charge on any atom is 0.402 e. The maximum atomic E-state index is 12.2. The fourth-order valence-electron chi connectivity index (χ4n) is 1.43. The Morgan fingerprint density at radius 2 is 1.86 bits per heavy atom. The van der Waals surface area contributed by atoms with E-state index in [1.165, 1.54) is 0 Å². The highest BCUT2D eigenvalue weighted by atomic mass is 79.9. The molecule has 1 aliphatic heterocycles. The Morgan fingerprint density at radius 3 is 2.29 bits per heavy atom. The van der Waals surface area contributed by atoms with Gasteiger partial charge in [-0.25, -0.2) is 0 Å². The second-order valence-electron chi connectivity index (χ2n) is 3.54. The number of halogens is 4. The highest BCUT2D eigenvalue weighted by Crippen LogP contribution is 2.27. The molecule has 1 N–H and O–H groups in total. The van der Waals surface area contributed by atoms with E-state index in [2.05, 4.69) is 15.9 Å². The highest BCUT2D eigenvalue weighted by molar-refractivity contribution is 9.09. The van der Waals surface area contributed by atoms with Gasteiger partial charge in [0.05, 0.1) is 6.10 Å². The van der Waals surface area contributed by atoms with Gasteiger partial charge >= 0.3 is 6.18 Å². The number of likely N-dealkylation sites (tertiary alicyclic amines) is 1. The zero-order chi connectivity index (χ0) is 10.8. The summed E-state index contributed by atoms with van der Waals surface area (Å²) in [6, 6.07) is 0. The van der Waals surface area contributed by atoms with E-state index in [0.717, 1.165) is 0 Å². The summed E-state index contributed by atoms with van der Waals surface area (Å²) in [5.41, 5.74) is 0. The van der Waals surface area contributed by atoms with E-state index in [4.69, 9.17) is 5.11 Å². The fourth-order valence-corrected chi connectivity index (χ4v) is 1.84. The summed E-state index contributed by atoms with van der Waals surface area (Å²) >= 11 is 2.62. The number of aliphatic hydroxyl groups is 1. The van der Waals surface area contributed by atoms with Gasteiger partial charge < -0.3 is 10.0 Å². The van der Waals surface area contributed by atoms with Crippen LogP contribution < -0.4 is 0 Å². The summed E-state index contributed by atoms with van der Waals surface area (Å²) in [6.45, 7) is 1.05. The first kappa shape index (κ1) is 12.3. The molecule has 0 saturated carbocycles. The van der Waals surface area contributed by atoms with Crippen LogP contribution in [0.4, 0.5) is 13.2 Å². The third-order valence-electron chi connectivity index (χ3n) is 2.33. The average Bonchev–Trinajstić information content (AvgIpc) is 2.07. The molecule has 1 unspecified atom stereocenters. The van der Waals surface area contributed by atoms with Gasteiger partial charge in [0.15, 0.2) is 0 Å². The summed E-state index contributed by atoms with van der Waals surface area (Å²) in [5, 5.41) is 9.16. The van der Waals surface area contributed by atoms with E-state index in [1.807, 2.05) is 0 Å². The van der Waals surface area contributed by atoms with Gasteiger partial charge in [-0.15, -0.1) is 0 Å². The van der Waals surface area contributed by atoms with Gasteiger partial charge in [-0.2, -0.15) is 13.2 Å². The molecule has 0 aromatic carbocycles. The topological polar surface area (TPSA) is 23.5 Å². The van der Waals surface area contributed by atoms with Gasteiger partial charge in [0.1, 0.15) is 4.83 Å². The number of alkyl halides is 4. The van der Waals surface area contributed by atoms with E-state index < -0.39 is 11.0 Å². The van der Waals surface area contributed by atoms with Crippen LogP contribution >= 0.6 is 15.9 Å². The molecule has 1 rings (SSSR count). The Hall–Kier alpha value is 0.190. The van der Waals surface area contributed by atoms with Gasteiger partial charge in [-0.3, -0.25) is 0 Å². The van der Waals surface area contributed by atoms with Gasteiger partial charge in [0.2, 0.25) is 0 Å². The Morgan fingerprint density at radius 1 is 1.36 bits per heavy atom. The fraction of sp³-hybridized carbons (Fsp3) is 1.00. The van der Waals surface area contributed by atoms with E-state index in [0.29, 0.717) is 25.9 Å². The number of nitrogens with zero attached hydrogens (tertiary/aromatic N) is 1. The van der Waals surface area contributed by atoms with E-state index >= 15 is 0 Å². The number of rotatable bonds is 2. The smallest absolute Gasteiger partial charge is 0.393 e. The molecule has 1 atom stereocenters. The van der Waals surface area contributed by atoms with Crippen molar-refractivity contribution in [3.63, 3.8) is 0 Å². The molecule has 0 amide bonds. The molecule has 0 radical (unpaired) electrons. The first-order chi connectivity index (χ1) is 6.39. The van der Waals surface area contributed by atoms with Gasteiger partial charge in [0.25, 0.3) is 0 Å².